The molecule has 4 heteroatoms. The first kappa shape index (κ1) is 13.1. The van der Waals surface area contributed by atoms with Crippen LogP contribution in [-0.4, -0.2) is 5.84 Å². The van der Waals surface area contributed by atoms with Gasteiger partial charge in [0.1, 0.15) is 23.2 Å². The van der Waals surface area contributed by atoms with Crippen LogP contribution in [-0.2, 0) is 6.42 Å². The number of hydrogen-bond donors (Lipinski definition) is 2. The van der Waals surface area contributed by atoms with Crippen molar-refractivity contribution in [3.8, 4) is 11.5 Å². The third-order valence-electron chi connectivity index (χ3n) is 2.79. The van der Waals surface area contributed by atoms with Gasteiger partial charge in [-0.1, -0.05) is 19.1 Å². The van der Waals surface area contributed by atoms with Crippen molar-refractivity contribution in [2.24, 2.45) is 5.73 Å². The molecular weight excluding hydrogens is 243 g/mol. The number of nitrogens with two attached hydrogens (primary N) is 1. The molecule has 0 radical (unpaired) electrons. The first-order valence-electron chi connectivity index (χ1n) is 6.01. The number of aryl methyl sites for hydroxylation is 1. The van der Waals surface area contributed by atoms with E-state index in [0.717, 1.165) is 6.42 Å². The first-order chi connectivity index (χ1) is 9.10. The molecule has 0 aliphatic rings. The number of amidine groups is 1. The van der Waals surface area contributed by atoms with Crippen LogP contribution >= 0.6 is 0 Å². The lowest BCUT2D eigenvalue weighted by atomic mass is 10.1. The van der Waals surface area contributed by atoms with E-state index in [1.165, 1.54) is 23.8 Å². The number of halogens is 1. The van der Waals surface area contributed by atoms with Crippen LogP contribution < -0.4 is 10.5 Å². The predicted molar refractivity (Wildman–Crippen MR) is 73.3 cm³/mol. The van der Waals surface area contributed by atoms with Crippen molar-refractivity contribution < 1.29 is 9.13 Å². The van der Waals surface area contributed by atoms with E-state index in [4.69, 9.17) is 15.9 Å². The number of hydrogen-bond acceptors (Lipinski definition) is 2. The molecule has 98 valence electrons. The maximum Gasteiger partial charge on any atom is 0.138 e. The molecule has 0 aromatic heterocycles. The molecule has 2 rings (SSSR count). The van der Waals surface area contributed by atoms with Gasteiger partial charge in [-0.05, 0) is 42.3 Å². The van der Waals surface area contributed by atoms with E-state index in [2.05, 4.69) is 6.92 Å². The molecule has 0 amide bonds. The highest BCUT2D eigenvalue weighted by molar-refractivity contribution is 5.97. The van der Waals surface area contributed by atoms with E-state index >= 15 is 0 Å². The van der Waals surface area contributed by atoms with E-state index in [0.29, 0.717) is 11.5 Å². The molecule has 0 unspecified atom stereocenters. The summed E-state index contributed by atoms with van der Waals surface area (Å²) in [5.74, 6) is 0.336. The van der Waals surface area contributed by atoms with Gasteiger partial charge in [0.25, 0.3) is 0 Å². The third kappa shape index (κ3) is 3.10. The largest absolute Gasteiger partial charge is 0.457 e. The fraction of sp³-hybridized carbons (Fsp3) is 0.133. The van der Waals surface area contributed by atoms with Crippen molar-refractivity contribution in [2.45, 2.75) is 13.3 Å². The van der Waals surface area contributed by atoms with Gasteiger partial charge < -0.3 is 10.5 Å². The lowest BCUT2D eigenvalue weighted by molar-refractivity contribution is 0.479. The van der Waals surface area contributed by atoms with Crippen LogP contribution in [0.1, 0.15) is 18.1 Å². The monoisotopic (exact) mass is 258 g/mol. The van der Waals surface area contributed by atoms with E-state index in [9.17, 15) is 4.39 Å². The van der Waals surface area contributed by atoms with Crippen molar-refractivity contribution in [3.05, 3.63) is 59.4 Å². The van der Waals surface area contributed by atoms with Gasteiger partial charge in [0.15, 0.2) is 0 Å². The number of ether oxygens (including phenoxy) is 1. The summed E-state index contributed by atoms with van der Waals surface area (Å²) < 4.78 is 18.8. The minimum atomic E-state index is -0.445. The Morgan fingerprint density at radius 1 is 1.21 bits per heavy atom. The van der Waals surface area contributed by atoms with Gasteiger partial charge in [-0.15, -0.1) is 0 Å². The minimum Gasteiger partial charge on any atom is -0.457 e. The molecule has 2 aromatic carbocycles. The minimum absolute atomic E-state index is 0.223. The van der Waals surface area contributed by atoms with Gasteiger partial charge in [-0.25, -0.2) is 4.39 Å². The van der Waals surface area contributed by atoms with Gasteiger partial charge in [0, 0.05) is 0 Å². The van der Waals surface area contributed by atoms with Crippen LogP contribution in [0.2, 0.25) is 0 Å². The number of rotatable bonds is 4. The van der Waals surface area contributed by atoms with E-state index < -0.39 is 5.82 Å². The van der Waals surface area contributed by atoms with Crippen molar-refractivity contribution in [1.82, 2.24) is 0 Å². The average molecular weight is 258 g/mol. The Morgan fingerprint density at radius 2 is 1.89 bits per heavy atom. The molecule has 0 atom stereocenters. The van der Waals surface area contributed by atoms with Crippen LogP contribution in [0, 0.1) is 11.2 Å². The zero-order valence-corrected chi connectivity index (χ0v) is 10.6. The van der Waals surface area contributed by atoms with Crippen LogP contribution in [0.4, 0.5) is 4.39 Å². The van der Waals surface area contributed by atoms with Crippen LogP contribution in [0.25, 0.3) is 0 Å². The molecule has 0 aliphatic heterocycles. The molecule has 3 N–H and O–H groups in total. The van der Waals surface area contributed by atoms with Gasteiger partial charge in [-0.2, -0.15) is 0 Å². The van der Waals surface area contributed by atoms with E-state index in [-0.39, 0.29) is 11.4 Å². The second-order valence-corrected chi connectivity index (χ2v) is 4.15. The van der Waals surface area contributed by atoms with Crippen LogP contribution in [0.5, 0.6) is 11.5 Å². The predicted octanol–water partition coefficient (Wildman–Crippen LogP) is 3.46. The maximum atomic E-state index is 13.1. The number of nitrogens with one attached hydrogen (secondary N) is 1. The molecule has 0 heterocycles. The Bertz CT molecular complexity index is 594. The van der Waals surface area contributed by atoms with Crippen molar-refractivity contribution in [1.29, 1.82) is 5.41 Å². The second-order valence-electron chi connectivity index (χ2n) is 4.15. The highest BCUT2D eigenvalue weighted by Gasteiger charge is 2.09. The third-order valence-corrected chi connectivity index (χ3v) is 2.79. The summed E-state index contributed by atoms with van der Waals surface area (Å²) in [7, 11) is 0. The molecular formula is C15H15FN2O. The van der Waals surface area contributed by atoms with E-state index in [1.54, 1.807) is 0 Å². The maximum absolute atomic E-state index is 13.1. The molecule has 0 saturated carbocycles. The molecule has 19 heavy (non-hydrogen) atoms. The average Bonchev–Trinajstić information content (AvgIpc) is 2.41. The molecule has 3 nitrogen and oxygen atoms in total. The zero-order valence-electron chi connectivity index (χ0n) is 10.6. The van der Waals surface area contributed by atoms with Gasteiger partial charge >= 0.3 is 0 Å². The molecule has 2 aromatic rings. The summed E-state index contributed by atoms with van der Waals surface area (Å²) in [4.78, 5) is 0. The SMILES string of the molecule is CCc1ccc(Oc2ccc(F)cc2C(=N)N)cc1. The first-order valence-corrected chi connectivity index (χ1v) is 6.01. The molecule has 0 spiro atoms. The lowest BCUT2D eigenvalue weighted by Gasteiger charge is -2.10. The Labute approximate surface area is 111 Å². The standard InChI is InChI=1S/C15H15FN2O/c1-2-10-3-6-12(7-4-10)19-14-8-5-11(16)9-13(14)15(17)18/h3-9H,2H2,1H3,(H3,17,18). The fourth-order valence-electron chi connectivity index (χ4n) is 1.72. The Morgan fingerprint density at radius 3 is 2.47 bits per heavy atom. The molecule has 0 saturated heterocycles. The van der Waals surface area contributed by atoms with E-state index in [1.807, 2.05) is 24.3 Å². The van der Waals surface area contributed by atoms with Gasteiger partial charge in [0.05, 0.1) is 5.56 Å². The zero-order chi connectivity index (χ0) is 13.8. The molecule has 0 fully saturated rings. The summed E-state index contributed by atoms with van der Waals surface area (Å²) in [5, 5.41) is 7.43. The van der Waals surface area contributed by atoms with Crippen molar-refractivity contribution in [3.63, 3.8) is 0 Å². The Balaban J connectivity index is 2.29. The van der Waals surface area contributed by atoms with Gasteiger partial charge in [0.2, 0.25) is 0 Å². The van der Waals surface area contributed by atoms with Crippen molar-refractivity contribution in [2.75, 3.05) is 0 Å². The van der Waals surface area contributed by atoms with Crippen LogP contribution in [0.15, 0.2) is 42.5 Å². The van der Waals surface area contributed by atoms with Gasteiger partial charge in [-0.3, -0.25) is 5.41 Å². The normalized spacial score (nSPS) is 10.2. The Hall–Kier alpha value is -2.36. The second kappa shape index (κ2) is 5.52. The Kier molecular flexibility index (Phi) is 3.80. The lowest BCUT2D eigenvalue weighted by Crippen LogP contribution is -2.12. The molecule has 0 aliphatic carbocycles. The summed E-state index contributed by atoms with van der Waals surface area (Å²) >= 11 is 0. The summed E-state index contributed by atoms with van der Waals surface area (Å²) in [5.41, 5.74) is 6.88. The summed E-state index contributed by atoms with van der Waals surface area (Å²) in [6.45, 7) is 2.07. The fourth-order valence-corrected chi connectivity index (χ4v) is 1.72. The smallest absolute Gasteiger partial charge is 0.138 e. The van der Waals surface area contributed by atoms with Crippen molar-refractivity contribution >= 4 is 5.84 Å². The quantitative estimate of drug-likeness (QED) is 0.651. The highest BCUT2D eigenvalue weighted by Crippen LogP contribution is 2.26. The molecule has 0 bridgehead atoms. The highest BCUT2D eigenvalue weighted by atomic mass is 19.1. The summed E-state index contributed by atoms with van der Waals surface area (Å²) in [6, 6.07) is 11.6. The number of nitrogen functional groups attached to an aromatic ring is 1. The number of benzene rings is 2. The topological polar surface area (TPSA) is 59.1 Å². The summed E-state index contributed by atoms with van der Waals surface area (Å²) in [6.07, 6.45) is 0.954. The van der Waals surface area contributed by atoms with Crippen LogP contribution in [0.3, 0.4) is 0 Å².